The number of carbonyl (C=O) groups excluding carboxylic acids is 1. The van der Waals surface area contributed by atoms with Crippen molar-refractivity contribution in [3.8, 4) is 23.0 Å². The first-order valence-corrected chi connectivity index (χ1v) is 11.9. The molecule has 0 unspecified atom stereocenters. The van der Waals surface area contributed by atoms with E-state index in [9.17, 15) is 9.18 Å². The summed E-state index contributed by atoms with van der Waals surface area (Å²) < 4.78 is 19.6. The SMILES string of the molecule is Cc1cccc(NC(=O)CSc2nc(-c3ccc(F)cc3)nc3c2Cc2cc(C)ccc2O3)c1. The van der Waals surface area contributed by atoms with Crippen LogP contribution in [0.25, 0.3) is 11.4 Å². The number of nitrogens with one attached hydrogen (secondary N) is 1. The largest absolute Gasteiger partial charge is 0.438 e. The van der Waals surface area contributed by atoms with E-state index in [-0.39, 0.29) is 17.5 Å². The van der Waals surface area contributed by atoms with Gasteiger partial charge in [0.2, 0.25) is 11.8 Å². The van der Waals surface area contributed by atoms with Crippen LogP contribution in [0.3, 0.4) is 0 Å². The summed E-state index contributed by atoms with van der Waals surface area (Å²) in [5.41, 5.74) is 5.55. The van der Waals surface area contributed by atoms with Gasteiger partial charge in [0.05, 0.1) is 11.3 Å². The lowest BCUT2D eigenvalue weighted by atomic mass is 10.0. The predicted molar refractivity (Wildman–Crippen MR) is 132 cm³/mol. The fourth-order valence-corrected chi connectivity index (χ4v) is 4.65. The molecule has 0 atom stereocenters. The average molecular weight is 472 g/mol. The van der Waals surface area contributed by atoms with Crippen molar-refractivity contribution < 1.29 is 13.9 Å². The Hall–Kier alpha value is -3.71. The second kappa shape index (κ2) is 9.27. The van der Waals surface area contributed by atoms with Crippen LogP contribution in [0.5, 0.6) is 11.6 Å². The van der Waals surface area contributed by atoms with E-state index < -0.39 is 0 Å². The highest BCUT2D eigenvalue weighted by Gasteiger charge is 2.25. The van der Waals surface area contributed by atoms with Crippen LogP contribution in [0.4, 0.5) is 10.1 Å². The maximum absolute atomic E-state index is 13.5. The first-order chi connectivity index (χ1) is 16.4. The molecule has 5 rings (SSSR count). The number of benzene rings is 3. The molecule has 1 N–H and O–H groups in total. The topological polar surface area (TPSA) is 64.1 Å². The van der Waals surface area contributed by atoms with E-state index in [0.717, 1.165) is 33.7 Å². The van der Waals surface area contributed by atoms with Crippen LogP contribution in [-0.2, 0) is 11.2 Å². The third kappa shape index (κ3) is 4.79. The zero-order valence-corrected chi connectivity index (χ0v) is 19.6. The lowest BCUT2D eigenvalue weighted by molar-refractivity contribution is -0.113. The molecule has 1 aliphatic heterocycles. The molecule has 5 nitrogen and oxygen atoms in total. The normalized spacial score (nSPS) is 11.9. The number of hydrogen-bond acceptors (Lipinski definition) is 5. The van der Waals surface area contributed by atoms with Gasteiger partial charge in [-0.25, -0.2) is 9.37 Å². The first kappa shape index (κ1) is 22.1. The van der Waals surface area contributed by atoms with Gasteiger partial charge in [-0.05, 0) is 67.4 Å². The zero-order valence-electron chi connectivity index (χ0n) is 18.8. The summed E-state index contributed by atoms with van der Waals surface area (Å²) in [6.07, 6.45) is 0.609. The van der Waals surface area contributed by atoms with E-state index in [1.165, 1.54) is 23.9 Å². The van der Waals surface area contributed by atoms with Crippen LogP contribution >= 0.6 is 11.8 Å². The molecule has 1 aliphatic rings. The molecule has 0 spiro atoms. The van der Waals surface area contributed by atoms with Crippen LogP contribution in [0.15, 0.2) is 71.8 Å². The Kier molecular flexibility index (Phi) is 6.02. The number of anilines is 1. The third-order valence-corrected chi connectivity index (χ3v) is 6.48. The number of aromatic nitrogens is 2. The van der Waals surface area contributed by atoms with Gasteiger partial charge in [-0.15, -0.1) is 0 Å². The molecule has 170 valence electrons. The minimum Gasteiger partial charge on any atom is -0.438 e. The van der Waals surface area contributed by atoms with E-state index in [4.69, 9.17) is 9.72 Å². The van der Waals surface area contributed by atoms with Gasteiger partial charge < -0.3 is 10.1 Å². The summed E-state index contributed by atoms with van der Waals surface area (Å²) in [5, 5.41) is 3.61. The Morgan fingerprint density at radius 2 is 1.82 bits per heavy atom. The van der Waals surface area contributed by atoms with E-state index in [0.29, 0.717) is 28.7 Å². The molecule has 0 saturated carbocycles. The summed E-state index contributed by atoms with van der Waals surface area (Å²) in [7, 11) is 0. The van der Waals surface area contributed by atoms with Crippen molar-refractivity contribution in [3.63, 3.8) is 0 Å². The zero-order chi connectivity index (χ0) is 23.7. The molecule has 0 saturated heterocycles. The van der Waals surface area contributed by atoms with Crippen molar-refractivity contribution in [2.24, 2.45) is 0 Å². The average Bonchev–Trinajstić information content (AvgIpc) is 2.81. The summed E-state index contributed by atoms with van der Waals surface area (Å²) in [6, 6.07) is 19.7. The number of aryl methyl sites for hydroxylation is 2. The van der Waals surface area contributed by atoms with Crippen LogP contribution in [-0.4, -0.2) is 21.6 Å². The lowest BCUT2D eigenvalue weighted by Crippen LogP contribution is -2.15. The van der Waals surface area contributed by atoms with Gasteiger partial charge in [-0.3, -0.25) is 4.79 Å². The van der Waals surface area contributed by atoms with Crippen LogP contribution in [0, 0.1) is 19.7 Å². The van der Waals surface area contributed by atoms with Crippen LogP contribution < -0.4 is 10.1 Å². The number of hydrogen-bond donors (Lipinski definition) is 1. The van der Waals surface area contributed by atoms with E-state index in [1.54, 1.807) is 12.1 Å². The summed E-state index contributed by atoms with van der Waals surface area (Å²) in [6.45, 7) is 4.02. The number of ether oxygens (including phenoxy) is 1. The van der Waals surface area contributed by atoms with Gasteiger partial charge in [-0.1, -0.05) is 41.6 Å². The Balaban J connectivity index is 1.45. The summed E-state index contributed by atoms with van der Waals surface area (Å²) in [4.78, 5) is 22.0. The minimum absolute atomic E-state index is 0.126. The highest BCUT2D eigenvalue weighted by molar-refractivity contribution is 8.00. The molecule has 0 aliphatic carbocycles. The first-order valence-electron chi connectivity index (χ1n) is 10.9. The van der Waals surface area contributed by atoms with Gasteiger partial charge in [0.1, 0.15) is 16.6 Å². The molecule has 0 fully saturated rings. The smallest absolute Gasteiger partial charge is 0.234 e. The van der Waals surface area contributed by atoms with Crippen molar-refractivity contribution in [2.75, 3.05) is 11.1 Å². The number of carbonyl (C=O) groups is 1. The van der Waals surface area contributed by atoms with Crippen molar-refractivity contribution in [1.82, 2.24) is 9.97 Å². The fourth-order valence-electron chi connectivity index (χ4n) is 3.82. The number of thioether (sulfide) groups is 1. The van der Waals surface area contributed by atoms with E-state index in [2.05, 4.69) is 16.4 Å². The maximum atomic E-state index is 13.5. The fraction of sp³-hybridized carbons (Fsp3) is 0.148. The molecule has 1 aromatic heterocycles. The van der Waals surface area contributed by atoms with Crippen LogP contribution in [0.2, 0.25) is 0 Å². The Labute approximate surface area is 201 Å². The second-order valence-electron chi connectivity index (χ2n) is 8.24. The molecule has 3 aromatic carbocycles. The van der Waals surface area contributed by atoms with Crippen molar-refractivity contribution in [3.05, 3.63) is 94.8 Å². The quantitative estimate of drug-likeness (QED) is 0.240. The molecular weight excluding hydrogens is 449 g/mol. The molecule has 4 aromatic rings. The van der Waals surface area contributed by atoms with Gasteiger partial charge in [-0.2, -0.15) is 4.98 Å². The summed E-state index contributed by atoms with van der Waals surface area (Å²) >= 11 is 1.34. The Morgan fingerprint density at radius 3 is 2.62 bits per heavy atom. The molecule has 0 radical (unpaired) electrons. The molecule has 0 bridgehead atoms. The van der Waals surface area contributed by atoms with Crippen LogP contribution in [0.1, 0.15) is 22.3 Å². The Morgan fingerprint density at radius 1 is 1.03 bits per heavy atom. The summed E-state index contributed by atoms with van der Waals surface area (Å²) in [5.74, 6) is 1.38. The molecule has 2 heterocycles. The Bertz CT molecular complexity index is 1390. The van der Waals surface area contributed by atoms with Crippen molar-refractivity contribution >= 4 is 23.4 Å². The highest BCUT2D eigenvalue weighted by atomic mass is 32.2. The lowest BCUT2D eigenvalue weighted by Gasteiger charge is -2.22. The van der Waals surface area contributed by atoms with Gasteiger partial charge in [0.15, 0.2) is 5.82 Å². The minimum atomic E-state index is -0.329. The highest BCUT2D eigenvalue weighted by Crippen LogP contribution is 2.40. The molecule has 1 amide bonds. The van der Waals surface area contributed by atoms with Crippen molar-refractivity contribution in [2.45, 2.75) is 25.3 Å². The van der Waals surface area contributed by atoms with E-state index in [1.807, 2.05) is 50.2 Å². The maximum Gasteiger partial charge on any atom is 0.234 e. The molecule has 7 heteroatoms. The number of fused-ring (bicyclic) bond motifs is 2. The van der Waals surface area contributed by atoms with Gasteiger partial charge in [0, 0.05) is 17.7 Å². The standard InChI is InChI=1S/C27H22FN3O2S/c1-16-4-3-5-21(13-16)29-24(32)15-34-27-22-14-19-12-17(2)6-11-23(19)33-26(22)30-25(31-27)18-7-9-20(28)10-8-18/h3-13H,14-15H2,1-2H3,(H,29,32). The number of nitrogens with zero attached hydrogens (tertiary/aromatic N) is 2. The third-order valence-electron chi connectivity index (χ3n) is 5.47. The number of amides is 1. The van der Waals surface area contributed by atoms with E-state index >= 15 is 0 Å². The predicted octanol–water partition coefficient (Wildman–Crippen LogP) is 6.33. The molecule has 34 heavy (non-hydrogen) atoms. The van der Waals surface area contributed by atoms with Gasteiger partial charge in [0.25, 0.3) is 0 Å². The number of rotatable bonds is 5. The molecular formula is C27H22FN3O2S. The number of halogens is 1. The van der Waals surface area contributed by atoms with Crippen molar-refractivity contribution in [1.29, 1.82) is 0 Å². The monoisotopic (exact) mass is 471 g/mol. The van der Waals surface area contributed by atoms with Gasteiger partial charge >= 0.3 is 0 Å². The second-order valence-corrected chi connectivity index (χ2v) is 9.20.